The summed E-state index contributed by atoms with van der Waals surface area (Å²) in [5, 5.41) is 3.37. The standard InChI is InChI=1S/C11H12N2OS/c1-3-8-4-5-10-9(6-8)13-11(15-10)12-7(2)14/h4-6H,3H2,1-2H3,(H,12,13,14). The number of amides is 1. The molecule has 15 heavy (non-hydrogen) atoms. The lowest BCUT2D eigenvalue weighted by Gasteiger charge is -1.93. The molecule has 1 amide bonds. The van der Waals surface area contributed by atoms with Crippen LogP contribution in [-0.4, -0.2) is 10.9 Å². The summed E-state index contributed by atoms with van der Waals surface area (Å²) in [7, 11) is 0. The molecule has 2 aromatic rings. The molecule has 0 bridgehead atoms. The van der Waals surface area contributed by atoms with Crippen LogP contribution in [0.15, 0.2) is 18.2 Å². The lowest BCUT2D eigenvalue weighted by atomic mass is 10.2. The first kappa shape index (κ1) is 10.1. The van der Waals surface area contributed by atoms with E-state index in [9.17, 15) is 4.79 Å². The summed E-state index contributed by atoms with van der Waals surface area (Å²) in [6, 6.07) is 6.21. The maximum absolute atomic E-state index is 10.9. The van der Waals surface area contributed by atoms with Gasteiger partial charge in [-0.15, -0.1) is 0 Å². The van der Waals surface area contributed by atoms with Crippen molar-refractivity contribution in [3.05, 3.63) is 23.8 Å². The molecule has 0 aliphatic carbocycles. The van der Waals surface area contributed by atoms with Crippen molar-refractivity contribution in [2.24, 2.45) is 0 Å². The van der Waals surface area contributed by atoms with E-state index in [0.717, 1.165) is 16.6 Å². The van der Waals surface area contributed by atoms with E-state index >= 15 is 0 Å². The Hall–Kier alpha value is -1.42. The second-order valence-corrected chi connectivity index (χ2v) is 4.39. The van der Waals surface area contributed by atoms with Gasteiger partial charge in [0.2, 0.25) is 5.91 Å². The zero-order valence-electron chi connectivity index (χ0n) is 8.70. The number of aromatic nitrogens is 1. The molecule has 1 aromatic heterocycles. The van der Waals surface area contributed by atoms with Gasteiger partial charge >= 0.3 is 0 Å². The lowest BCUT2D eigenvalue weighted by Crippen LogP contribution is -2.04. The predicted octanol–water partition coefficient (Wildman–Crippen LogP) is 2.82. The number of hydrogen-bond donors (Lipinski definition) is 1. The molecule has 0 aliphatic heterocycles. The van der Waals surface area contributed by atoms with E-state index in [1.807, 2.05) is 0 Å². The van der Waals surface area contributed by atoms with Crippen LogP contribution in [0.2, 0.25) is 0 Å². The number of hydrogen-bond acceptors (Lipinski definition) is 3. The van der Waals surface area contributed by atoms with Crippen LogP contribution in [0.4, 0.5) is 5.13 Å². The maximum atomic E-state index is 10.9. The van der Waals surface area contributed by atoms with E-state index in [2.05, 4.69) is 35.4 Å². The van der Waals surface area contributed by atoms with E-state index in [1.165, 1.54) is 23.8 Å². The SMILES string of the molecule is CCc1ccc2sc(NC(C)=O)nc2c1. The third-order valence-electron chi connectivity index (χ3n) is 2.14. The highest BCUT2D eigenvalue weighted by Gasteiger charge is 2.04. The van der Waals surface area contributed by atoms with Crippen molar-refractivity contribution >= 4 is 32.6 Å². The topological polar surface area (TPSA) is 42.0 Å². The monoisotopic (exact) mass is 220 g/mol. The highest BCUT2D eigenvalue weighted by atomic mass is 32.1. The average Bonchev–Trinajstić information content (AvgIpc) is 2.57. The molecule has 0 fully saturated rings. The van der Waals surface area contributed by atoms with Crippen LogP contribution in [0.25, 0.3) is 10.2 Å². The second kappa shape index (κ2) is 3.98. The molecule has 78 valence electrons. The van der Waals surface area contributed by atoms with Crippen molar-refractivity contribution in [2.75, 3.05) is 5.32 Å². The smallest absolute Gasteiger partial charge is 0.223 e. The van der Waals surface area contributed by atoms with E-state index in [0.29, 0.717) is 5.13 Å². The van der Waals surface area contributed by atoms with Crippen molar-refractivity contribution < 1.29 is 4.79 Å². The van der Waals surface area contributed by atoms with Crippen LogP contribution >= 0.6 is 11.3 Å². The molecule has 0 atom stereocenters. The first-order chi connectivity index (χ1) is 7.19. The molecule has 0 unspecified atom stereocenters. The molecule has 0 aliphatic rings. The minimum absolute atomic E-state index is 0.0789. The minimum atomic E-state index is -0.0789. The van der Waals surface area contributed by atoms with Crippen molar-refractivity contribution in [3.63, 3.8) is 0 Å². The van der Waals surface area contributed by atoms with E-state index in [-0.39, 0.29) is 5.91 Å². The zero-order valence-corrected chi connectivity index (χ0v) is 9.52. The zero-order chi connectivity index (χ0) is 10.8. The van der Waals surface area contributed by atoms with E-state index in [1.54, 1.807) is 0 Å². The number of thiazole rings is 1. The number of fused-ring (bicyclic) bond motifs is 1. The number of aryl methyl sites for hydroxylation is 1. The minimum Gasteiger partial charge on any atom is -0.302 e. The van der Waals surface area contributed by atoms with Gasteiger partial charge in [0.05, 0.1) is 10.2 Å². The molecule has 0 saturated carbocycles. The number of nitrogens with zero attached hydrogens (tertiary/aromatic N) is 1. The van der Waals surface area contributed by atoms with Gasteiger partial charge in [0.15, 0.2) is 5.13 Å². The van der Waals surface area contributed by atoms with Gasteiger partial charge in [0, 0.05) is 6.92 Å². The molecule has 0 radical (unpaired) electrons. The van der Waals surface area contributed by atoms with Gasteiger partial charge in [-0.3, -0.25) is 4.79 Å². The van der Waals surface area contributed by atoms with Gasteiger partial charge in [-0.1, -0.05) is 24.3 Å². The fourth-order valence-electron chi connectivity index (χ4n) is 1.40. The van der Waals surface area contributed by atoms with Gasteiger partial charge in [-0.2, -0.15) is 0 Å². The summed E-state index contributed by atoms with van der Waals surface area (Å²) in [6.07, 6.45) is 1.00. The summed E-state index contributed by atoms with van der Waals surface area (Å²) in [5.41, 5.74) is 2.23. The van der Waals surface area contributed by atoms with Gasteiger partial charge < -0.3 is 5.32 Å². The molecular weight excluding hydrogens is 208 g/mol. The van der Waals surface area contributed by atoms with Crippen molar-refractivity contribution in [1.82, 2.24) is 4.98 Å². The molecule has 3 nitrogen and oxygen atoms in total. The van der Waals surface area contributed by atoms with Crippen LogP contribution in [0.5, 0.6) is 0 Å². The Labute approximate surface area is 92.1 Å². The molecule has 0 saturated heterocycles. The number of rotatable bonds is 2. The number of carbonyl (C=O) groups excluding carboxylic acids is 1. The van der Waals surface area contributed by atoms with Gasteiger partial charge in [-0.05, 0) is 24.1 Å². The number of benzene rings is 1. The summed E-state index contributed by atoms with van der Waals surface area (Å²) < 4.78 is 1.11. The summed E-state index contributed by atoms with van der Waals surface area (Å²) in [5.74, 6) is -0.0789. The first-order valence-electron chi connectivity index (χ1n) is 4.86. The van der Waals surface area contributed by atoms with Crippen LogP contribution in [0, 0.1) is 0 Å². The van der Waals surface area contributed by atoms with Crippen molar-refractivity contribution in [3.8, 4) is 0 Å². The summed E-state index contributed by atoms with van der Waals surface area (Å²) in [4.78, 5) is 15.2. The average molecular weight is 220 g/mol. The largest absolute Gasteiger partial charge is 0.302 e. The van der Waals surface area contributed by atoms with Crippen LogP contribution in [-0.2, 0) is 11.2 Å². The molecule has 1 aromatic carbocycles. The number of nitrogens with one attached hydrogen (secondary N) is 1. The van der Waals surface area contributed by atoms with Crippen LogP contribution < -0.4 is 5.32 Å². The Kier molecular flexibility index (Phi) is 2.68. The Morgan fingerprint density at radius 3 is 3.00 bits per heavy atom. The van der Waals surface area contributed by atoms with Crippen molar-refractivity contribution in [2.45, 2.75) is 20.3 Å². The molecule has 0 spiro atoms. The third-order valence-corrected chi connectivity index (χ3v) is 3.10. The van der Waals surface area contributed by atoms with Crippen LogP contribution in [0.1, 0.15) is 19.4 Å². The Balaban J connectivity index is 2.42. The van der Waals surface area contributed by atoms with Crippen molar-refractivity contribution in [1.29, 1.82) is 0 Å². The summed E-state index contributed by atoms with van der Waals surface area (Å²) in [6.45, 7) is 3.60. The highest BCUT2D eigenvalue weighted by Crippen LogP contribution is 2.26. The predicted molar refractivity (Wildman–Crippen MR) is 63.3 cm³/mol. The van der Waals surface area contributed by atoms with Gasteiger partial charge in [0.1, 0.15) is 0 Å². The quantitative estimate of drug-likeness (QED) is 0.845. The Bertz CT molecular complexity index is 504. The summed E-state index contributed by atoms with van der Waals surface area (Å²) >= 11 is 1.50. The second-order valence-electron chi connectivity index (χ2n) is 3.36. The normalized spacial score (nSPS) is 10.5. The number of anilines is 1. The van der Waals surface area contributed by atoms with E-state index in [4.69, 9.17) is 0 Å². The molecule has 1 N–H and O–H groups in total. The fourth-order valence-corrected chi connectivity index (χ4v) is 2.29. The van der Waals surface area contributed by atoms with Gasteiger partial charge in [0.25, 0.3) is 0 Å². The lowest BCUT2D eigenvalue weighted by molar-refractivity contribution is -0.114. The molecule has 4 heteroatoms. The molecule has 1 heterocycles. The third kappa shape index (κ3) is 2.15. The Morgan fingerprint density at radius 1 is 1.53 bits per heavy atom. The fraction of sp³-hybridized carbons (Fsp3) is 0.273. The maximum Gasteiger partial charge on any atom is 0.223 e. The Morgan fingerprint density at radius 2 is 2.33 bits per heavy atom. The van der Waals surface area contributed by atoms with Crippen LogP contribution in [0.3, 0.4) is 0 Å². The number of carbonyl (C=O) groups is 1. The van der Waals surface area contributed by atoms with E-state index < -0.39 is 0 Å². The molecular formula is C11H12N2OS. The first-order valence-corrected chi connectivity index (χ1v) is 5.67. The highest BCUT2D eigenvalue weighted by molar-refractivity contribution is 7.22. The molecule has 2 rings (SSSR count). The van der Waals surface area contributed by atoms with Gasteiger partial charge in [-0.25, -0.2) is 4.98 Å².